The molecule has 2 unspecified atom stereocenters. The number of nitrogens with zero attached hydrogens (tertiary/aromatic N) is 4. The minimum absolute atomic E-state index is 0.0163. The molecule has 0 saturated carbocycles. The van der Waals surface area contributed by atoms with Gasteiger partial charge in [0.2, 0.25) is 0 Å². The molecule has 0 amide bonds. The number of hydrogen-bond acceptors (Lipinski definition) is 6. The van der Waals surface area contributed by atoms with Crippen molar-refractivity contribution in [2.75, 3.05) is 11.9 Å². The molecular formula is C21H22F2N6O. The third-order valence-corrected chi connectivity index (χ3v) is 6.18. The second kappa shape index (κ2) is 7.02. The van der Waals surface area contributed by atoms with Crippen LogP contribution in [-0.2, 0) is 0 Å². The van der Waals surface area contributed by atoms with Gasteiger partial charge in [0.25, 0.3) is 5.92 Å². The van der Waals surface area contributed by atoms with Crippen molar-refractivity contribution in [1.82, 2.24) is 25.5 Å². The molecule has 0 radical (unpaired) electrons. The van der Waals surface area contributed by atoms with E-state index in [9.17, 15) is 13.9 Å². The van der Waals surface area contributed by atoms with Gasteiger partial charge in [0, 0.05) is 42.9 Å². The summed E-state index contributed by atoms with van der Waals surface area (Å²) in [6.07, 6.45) is 7.59. The quantitative estimate of drug-likeness (QED) is 0.610. The number of phenolic OH excluding ortho intramolecular Hbond substituents is 1. The van der Waals surface area contributed by atoms with Crippen LogP contribution in [0, 0.1) is 0 Å². The van der Waals surface area contributed by atoms with Crippen molar-refractivity contribution in [2.45, 2.75) is 43.3 Å². The topological polar surface area (TPSA) is 90.0 Å². The minimum Gasteiger partial charge on any atom is -0.507 e. The summed E-state index contributed by atoms with van der Waals surface area (Å²) >= 11 is 0. The molecule has 3 N–H and O–H groups in total. The van der Waals surface area contributed by atoms with Crippen LogP contribution in [0.1, 0.15) is 19.3 Å². The number of fused-ring (bicyclic) bond motifs is 2. The predicted molar refractivity (Wildman–Crippen MR) is 108 cm³/mol. The molecule has 9 heteroatoms. The normalized spacial score (nSPS) is 24.7. The molecule has 2 bridgehead atoms. The van der Waals surface area contributed by atoms with Gasteiger partial charge >= 0.3 is 0 Å². The predicted octanol–water partition coefficient (Wildman–Crippen LogP) is 3.20. The molecule has 2 aliphatic heterocycles. The zero-order valence-corrected chi connectivity index (χ0v) is 16.4. The van der Waals surface area contributed by atoms with E-state index >= 15 is 0 Å². The lowest BCUT2D eigenvalue weighted by atomic mass is 9.98. The number of nitrogens with one attached hydrogen (secondary N) is 2. The summed E-state index contributed by atoms with van der Waals surface area (Å²) in [7, 11) is 1.87. The van der Waals surface area contributed by atoms with E-state index in [4.69, 9.17) is 0 Å². The SMILES string of the molecule is CN(c1cnc(-c2ccc(-c3cn[nH]c3)cc2O)cn1)[C@H]1CC2CC(F)(F)C(C1)N2. The van der Waals surface area contributed by atoms with E-state index in [1.165, 1.54) is 0 Å². The van der Waals surface area contributed by atoms with Crippen molar-refractivity contribution in [2.24, 2.45) is 0 Å². The Hall–Kier alpha value is -3.07. The number of phenols is 1. The Kier molecular flexibility index (Phi) is 4.43. The second-order valence-corrected chi connectivity index (χ2v) is 8.10. The zero-order valence-electron chi connectivity index (χ0n) is 16.4. The summed E-state index contributed by atoms with van der Waals surface area (Å²) in [5, 5.41) is 20.1. The summed E-state index contributed by atoms with van der Waals surface area (Å²) in [6, 6.07) is 4.38. The van der Waals surface area contributed by atoms with E-state index < -0.39 is 12.0 Å². The summed E-state index contributed by atoms with van der Waals surface area (Å²) in [6.45, 7) is 0. The number of aromatic nitrogens is 4. The van der Waals surface area contributed by atoms with Gasteiger partial charge in [-0.25, -0.2) is 13.8 Å². The molecule has 2 saturated heterocycles. The van der Waals surface area contributed by atoms with Crippen LogP contribution in [0.4, 0.5) is 14.6 Å². The van der Waals surface area contributed by atoms with Crippen molar-refractivity contribution in [3.8, 4) is 28.1 Å². The highest BCUT2D eigenvalue weighted by atomic mass is 19.3. The van der Waals surface area contributed by atoms with Crippen molar-refractivity contribution >= 4 is 5.82 Å². The van der Waals surface area contributed by atoms with Crippen molar-refractivity contribution < 1.29 is 13.9 Å². The van der Waals surface area contributed by atoms with Crippen LogP contribution >= 0.6 is 0 Å². The fourth-order valence-electron chi connectivity index (χ4n) is 4.51. The molecule has 4 heterocycles. The zero-order chi connectivity index (χ0) is 20.9. The molecule has 3 atom stereocenters. The number of hydrogen-bond donors (Lipinski definition) is 3. The molecule has 5 rings (SSSR count). The Bertz CT molecular complexity index is 1040. The first-order valence-electron chi connectivity index (χ1n) is 9.92. The van der Waals surface area contributed by atoms with E-state index in [0.717, 1.165) is 11.1 Å². The van der Waals surface area contributed by atoms with E-state index in [1.807, 2.05) is 18.0 Å². The maximum Gasteiger partial charge on any atom is 0.264 e. The van der Waals surface area contributed by atoms with Gasteiger partial charge in [-0.15, -0.1) is 0 Å². The van der Waals surface area contributed by atoms with Gasteiger partial charge in [0.05, 0.1) is 30.3 Å². The largest absolute Gasteiger partial charge is 0.507 e. The van der Waals surface area contributed by atoms with Crippen LogP contribution in [0.25, 0.3) is 22.4 Å². The Morgan fingerprint density at radius 3 is 2.67 bits per heavy atom. The highest BCUT2D eigenvalue weighted by molar-refractivity contribution is 5.73. The van der Waals surface area contributed by atoms with Crippen LogP contribution in [0.5, 0.6) is 5.75 Å². The number of aromatic amines is 1. The monoisotopic (exact) mass is 412 g/mol. The first-order valence-corrected chi connectivity index (χ1v) is 9.92. The first-order chi connectivity index (χ1) is 14.4. The average Bonchev–Trinajstić information content (AvgIpc) is 3.34. The maximum absolute atomic E-state index is 14.0. The lowest BCUT2D eigenvalue weighted by Gasteiger charge is -2.36. The number of aromatic hydroxyl groups is 1. The molecule has 0 spiro atoms. The van der Waals surface area contributed by atoms with Crippen molar-refractivity contribution in [1.29, 1.82) is 0 Å². The van der Waals surface area contributed by atoms with Gasteiger partial charge < -0.3 is 15.3 Å². The number of H-pyrrole nitrogens is 1. The standard InChI is InChI=1S/C21H22F2N6O/c1-29(15-5-14-7-21(22,23)19(6-15)28-14)20-11-24-17(10-25-20)16-3-2-12(4-18(16)30)13-8-26-27-9-13/h2-4,8-11,14-15,19,28,30H,5-7H2,1H3,(H,26,27)/t14?,15-,19?/m0/s1. The third kappa shape index (κ3) is 3.28. The minimum atomic E-state index is -2.64. The Balaban J connectivity index is 1.33. The molecule has 0 aliphatic carbocycles. The van der Waals surface area contributed by atoms with E-state index in [2.05, 4.69) is 25.5 Å². The van der Waals surface area contributed by atoms with Crippen LogP contribution in [0.3, 0.4) is 0 Å². The van der Waals surface area contributed by atoms with Crippen LogP contribution in [0.15, 0.2) is 43.0 Å². The molecule has 30 heavy (non-hydrogen) atoms. The van der Waals surface area contributed by atoms with Gasteiger partial charge in [-0.1, -0.05) is 6.07 Å². The van der Waals surface area contributed by atoms with Crippen molar-refractivity contribution in [3.05, 3.63) is 43.0 Å². The van der Waals surface area contributed by atoms with Gasteiger partial charge in [0.1, 0.15) is 11.6 Å². The molecule has 156 valence electrons. The molecule has 2 aromatic heterocycles. The van der Waals surface area contributed by atoms with Crippen LogP contribution in [-0.4, -0.2) is 56.4 Å². The lowest BCUT2D eigenvalue weighted by Crippen LogP contribution is -2.49. The molecule has 2 fully saturated rings. The Morgan fingerprint density at radius 1 is 1.13 bits per heavy atom. The molecule has 3 aromatic rings. The smallest absolute Gasteiger partial charge is 0.264 e. The Labute approximate surface area is 172 Å². The maximum atomic E-state index is 14.0. The first kappa shape index (κ1) is 18.9. The number of piperidine rings is 1. The average molecular weight is 412 g/mol. The third-order valence-electron chi connectivity index (χ3n) is 6.18. The fraction of sp³-hybridized carbons (Fsp3) is 0.381. The molecule has 1 aromatic carbocycles. The van der Waals surface area contributed by atoms with Crippen LogP contribution in [0.2, 0.25) is 0 Å². The highest BCUT2D eigenvalue weighted by Crippen LogP contribution is 2.40. The van der Waals surface area contributed by atoms with E-state index in [0.29, 0.717) is 29.9 Å². The number of alkyl halides is 2. The number of halogens is 2. The summed E-state index contributed by atoms with van der Waals surface area (Å²) in [4.78, 5) is 10.9. The summed E-state index contributed by atoms with van der Waals surface area (Å²) in [5.74, 6) is -1.92. The fourth-order valence-corrected chi connectivity index (χ4v) is 4.51. The van der Waals surface area contributed by atoms with Gasteiger partial charge in [-0.05, 0) is 30.5 Å². The van der Waals surface area contributed by atoms with E-state index in [-0.39, 0.29) is 24.3 Å². The van der Waals surface area contributed by atoms with E-state index in [1.54, 1.807) is 36.9 Å². The Morgan fingerprint density at radius 2 is 2.00 bits per heavy atom. The number of rotatable bonds is 4. The van der Waals surface area contributed by atoms with Crippen LogP contribution < -0.4 is 10.2 Å². The molecule has 2 aliphatic rings. The molecule has 7 nitrogen and oxygen atoms in total. The lowest BCUT2D eigenvalue weighted by molar-refractivity contribution is -0.0128. The summed E-state index contributed by atoms with van der Waals surface area (Å²) in [5.41, 5.74) is 2.83. The van der Waals surface area contributed by atoms with Gasteiger partial charge in [-0.3, -0.25) is 10.1 Å². The molecular weight excluding hydrogens is 390 g/mol. The number of anilines is 1. The summed E-state index contributed by atoms with van der Waals surface area (Å²) < 4.78 is 28.0. The van der Waals surface area contributed by atoms with Gasteiger partial charge in [0.15, 0.2) is 0 Å². The van der Waals surface area contributed by atoms with Crippen molar-refractivity contribution in [3.63, 3.8) is 0 Å². The number of benzene rings is 1. The van der Waals surface area contributed by atoms with Gasteiger partial charge in [-0.2, -0.15) is 5.10 Å². The second-order valence-electron chi connectivity index (χ2n) is 8.10. The highest BCUT2D eigenvalue weighted by Gasteiger charge is 2.53.